The molecule has 5 N–H and O–H groups in total. The van der Waals surface area contributed by atoms with Crippen LogP contribution in [0.1, 0.15) is 49.9 Å². The number of hydrogen-bond acceptors (Lipinski definition) is 6. The molecule has 0 unspecified atom stereocenters. The molecule has 1 aliphatic heterocycles. The Bertz CT molecular complexity index is 1090. The summed E-state index contributed by atoms with van der Waals surface area (Å²) in [5.74, 6) is -0.738. The van der Waals surface area contributed by atoms with E-state index in [-0.39, 0.29) is 29.8 Å². The van der Waals surface area contributed by atoms with Gasteiger partial charge in [-0.25, -0.2) is 0 Å². The van der Waals surface area contributed by atoms with Crippen LogP contribution in [0.4, 0.5) is 0 Å². The summed E-state index contributed by atoms with van der Waals surface area (Å²) in [7, 11) is 0. The van der Waals surface area contributed by atoms with E-state index >= 15 is 0 Å². The topological polar surface area (TPSA) is 114 Å². The van der Waals surface area contributed by atoms with Crippen LogP contribution in [0.15, 0.2) is 54.6 Å². The highest BCUT2D eigenvalue weighted by atomic mass is 16.3. The highest BCUT2D eigenvalue weighted by Gasteiger charge is 2.35. The number of benzene rings is 2. The van der Waals surface area contributed by atoms with Crippen LogP contribution in [-0.4, -0.2) is 76.9 Å². The maximum absolute atomic E-state index is 13.6. The van der Waals surface area contributed by atoms with E-state index in [1.54, 1.807) is 0 Å². The zero-order chi connectivity index (χ0) is 27.3. The van der Waals surface area contributed by atoms with Crippen LogP contribution in [0, 0.1) is 5.92 Å². The Morgan fingerprint density at radius 1 is 1.11 bits per heavy atom. The van der Waals surface area contributed by atoms with Crippen LogP contribution in [0.25, 0.3) is 0 Å². The van der Waals surface area contributed by atoms with Gasteiger partial charge in [-0.2, -0.15) is 0 Å². The molecule has 0 radical (unpaired) electrons. The van der Waals surface area contributed by atoms with Gasteiger partial charge in [-0.15, -0.1) is 0 Å². The highest BCUT2D eigenvalue weighted by molar-refractivity contribution is 5.83. The number of aliphatic hydroxyl groups is 2. The Morgan fingerprint density at radius 3 is 2.55 bits per heavy atom. The van der Waals surface area contributed by atoms with Crippen LogP contribution < -0.4 is 16.0 Å². The number of piperazine rings is 1. The fourth-order valence-corrected chi connectivity index (χ4v) is 5.55. The first-order chi connectivity index (χ1) is 18.1. The maximum Gasteiger partial charge on any atom is 0.239 e. The second-order valence-electron chi connectivity index (χ2n) is 11.7. The van der Waals surface area contributed by atoms with E-state index in [1.807, 2.05) is 80.3 Å². The number of nitrogens with one attached hydrogen (secondary N) is 3. The van der Waals surface area contributed by atoms with Crippen molar-refractivity contribution >= 4 is 11.8 Å². The third kappa shape index (κ3) is 7.41. The van der Waals surface area contributed by atoms with Gasteiger partial charge in [0, 0.05) is 44.1 Å². The SMILES string of the molecule is CC(C)(C)NC(=O)[C@@H]1CNCCN1C[C@@H](O)C[C@H](Cc1ccccc1)C(=O)N[C@H]1c2ccccc2C[C@H]1O. The van der Waals surface area contributed by atoms with Gasteiger partial charge in [0.05, 0.1) is 18.2 Å². The van der Waals surface area contributed by atoms with Gasteiger partial charge < -0.3 is 26.2 Å². The van der Waals surface area contributed by atoms with Crippen molar-refractivity contribution in [1.29, 1.82) is 0 Å². The van der Waals surface area contributed by atoms with Crippen LogP contribution in [0.5, 0.6) is 0 Å². The number of aliphatic hydroxyl groups excluding tert-OH is 2. The number of hydrogen-bond donors (Lipinski definition) is 5. The second kappa shape index (κ2) is 12.4. The van der Waals surface area contributed by atoms with Gasteiger partial charge in [-0.05, 0) is 50.3 Å². The van der Waals surface area contributed by atoms with Crippen molar-refractivity contribution in [3.05, 3.63) is 71.3 Å². The Balaban J connectivity index is 1.45. The number of rotatable bonds is 9. The van der Waals surface area contributed by atoms with Crippen molar-refractivity contribution in [2.75, 3.05) is 26.2 Å². The summed E-state index contributed by atoms with van der Waals surface area (Å²) in [5.41, 5.74) is 2.65. The average Bonchev–Trinajstić information content (AvgIpc) is 3.18. The number of carbonyl (C=O) groups is 2. The van der Waals surface area contributed by atoms with Crippen LogP contribution >= 0.6 is 0 Å². The van der Waals surface area contributed by atoms with Gasteiger partial charge in [0.2, 0.25) is 11.8 Å². The molecule has 5 atom stereocenters. The Kier molecular flexibility index (Phi) is 9.20. The predicted molar refractivity (Wildman–Crippen MR) is 147 cm³/mol. The summed E-state index contributed by atoms with van der Waals surface area (Å²) in [6, 6.07) is 16.7. The minimum absolute atomic E-state index is 0.0654. The zero-order valence-electron chi connectivity index (χ0n) is 22.7. The molecule has 1 fully saturated rings. The lowest BCUT2D eigenvalue weighted by Gasteiger charge is -2.38. The third-order valence-electron chi connectivity index (χ3n) is 7.35. The van der Waals surface area contributed by atoms with E-state index < -0.39 is 24.2 Å². The molecule has 0 aromatic heterocycles. The number of amides is 2. The molecule has 1 heterocycles. The molecule has 4 rings (SSSR count). The zero-order valence-corrected chi connectivity index (χ0v) is 22.7. The van der Waals surface area contributed by atoms with E-state index in [9.17, 15) is 19.8 Å². The van der Waals surface area contributed by atoms with Crippen molar-refractivity contribution in [2.24, 2.45) is 5.92 Å². The van der Waals surface area contributed by atoms with E-state index in [0.29, 0.717) is 32.5 Å². The predicted octanol–water partition coefficient (Wildman–Crippen LogP) is 1.56. The van der Waals surface area contributed by atoms with Gasteiger partial charge in [0.25, 0.3) is 0 Å². The standard InChI is InChI=1S/C30H42N4O4/c1-30(2,3)33-29(38)25-18-31-13-14-34(25)19-23(35)16-22(15-20-9-5-4-6-10-20)28(37)32-27-24-12-8-7-11-21(24)17-26(27)36/h4-12,22-23,25-27,31,35-36H,13-19H2,1-3H3,(H,32,37)(H,33,38)/t22-,23-,25-,26+,27-/m0/s1. The minimum atomic E-state index is -0.793. The first-order valence-corrected chi connectivity index (χ1v) is 13.7. The van der Waals surface area contributed by atoms with Crippen molar-refractivity contribution < 1.29 is 19.8 Å². The number of β-amino-alcohol motifs (C(OH)–C–C–N with tert-alkyl or cyclic N) is 1. The maximum atomic E-state index is 13.6. The highest BCUT2D eigenvalue weighted by Crippen LogP contribution is 2.32. The van der Waals surface area contributed by atoms with Crippen molar-refractivity contribution in [1.82, 2.24) is 20.9 Å². The first-order valence-electron chi connectivity index (χ1n) is 13.7. The lowest BCUT2D eigenvalue weighted by Crippen LogP contribution is -2.61. The van der Waals surface area contributed by atoms with Gasteiger partial charge in [-0.3, -0.25) is 14.5 Å². The quantitative estimate of drug-likeness (QED) is 0.342. The molecule has 38 heavy (non-hydrogen) atoms. The normalized spacial score (nSPS) is 23.3. The Labute approximate surface area is 225 Å². The van der Waals surface area contributed by atoms with Gasteiger partial charge in [0.15, 0.2) is 0 Å². The molecule has 2 aromatic rings. The molecule has 2 aliphatic rings. The number of fused-ring (bicyclic) bond motifs is 1. The number of nitrogens with zero attached hydrogens (tertiary/aromatic N) is 1. The summed E-state index contributed by atoms with van der Waals surface area (Å²) >= 11 is 0. The van der Waals surface area contributed by atoms with Crippen molar-refractivity contribution in [2.45, 2.75) is 69.9 Å². The van der Waals surface area contributed by atoms with Crippen LogP contribution in [0.3, 0.4) is 0 Å². The third-order valence-corrected chi connectivity index (χ3v) is 7.35. The molecule has 2 amide bonds. The molecule has 206 valence electrons. The molecule has 0 bridgehead atoms. The molecular formula is C30H42N4O4. The molecule has 8 heteroatoms. The fourth-order valence-electron chi connectivity index (χ4n) is 5.55. The summed E-state index contributed by atoms with van der Waals surface area (Å²) in [6.45, 7) is 8.05. The van der Waals surface area contributed by atoms with E-state index in [1.165, 1.54) is 0 Å². The summed E-state index contributed by atoms with van der Waals surface area (Å²) in [5, 5.41) is 31.3. The molecule has 1 aliphatic carbocycles. The number of carbonyl (C=O) groups excluding carboxylic acids is 2. The lowest BCUT2D eigenvalue weighted by atomic mass is 9.91. The largest absolute Gasteiger partial charge is 0.392 e. The van der Waals surface area contributed by atoms with Crippen molar-refractivity contribution in [3.63, 3.8) is 0 Å². The molecule has 1 saturated heterocycles. The molecule has 8 nitrogen and oxygen atoms in total. The minimum Gasteiger partial charge on any atom is -0.392 e. The van der Waals surface area contributed by atoms with Gasteiger partial charge >= 0.3 is 0 Å². The molecule has 0 spiro atoms. The van der Waals surface area contributed by atoms with Gasteiger partial charge in [0.1, 0.15) is 6.04 Å². The molecule has 0 saturated carbocycles. The molecular weight excluding hydrogens is 480 g/mol. The van der Waals surface area contributed by atoms with Gasteiger partial charge in [-0.1, -0.05) is 54.6 Å². The van der Waals surface area contributed by atoms with Crippen LogP contribution in [0.2, 0.25) is 0 Å². The smallest absolute Gasteiger partial charge is 0.239 e. The average molecular weight is 523 g/mol. The summed E-state index contributed by atoms with van der Waals surface area (Å²) in [6.07, 6.45) is -0.236. The summed E-state index contributed by atoms with van der Waals surface area (Å²) in [4.78, 5) is 28.5. The Morgan fingerprint density at radius 2 is 1.82 bits per heavy atom. The summed E-state index contributed by atoms with van der Waals surface area (Å²) < 4.78 is 0. The molecule has 2 aromatic carbocycles. The fraction of sp³-hybridized carbons (Fsp3) is 0.533. The Hall–Kier alpha value is -2.78. The lowest BCUT2D eigenvalue weighted by molar-refractivity contribution is -0.130. The van der Waals surface area contributed by atoms with Crippen LogP contribution in [-0.2, 0) is 22.4 Å². The monoisotopic (exact) mass is 522 g/mol. The van der Waals surface area contributed by atoms with E-state index in [4.69, 9.17) is 0 Å². The second-order valence-corrected chi connectivity index (χ2v) is 11.7. The first kappa shape index (κ1) is 28.2. The van der Waals surface area contributed by atoms with E-state index in [2.05, 4.69) is 16.0 Å². The van der Waals surface area contributed by atoms with Crippen molar-refractivity contribution in [3.8, 4) is 0 Å². The van der Waals surface area contributed by atoms with E-state index in [0.717, 1.165) is 23.2 Å².